The first kappa shape index (κ1) is 9.75. The Morgan fingerprint density at radius 3 is 2.83 bits per heavy atom. The molecule has 0 saturated carbocycles. The largest absolute Gasteiger partial charge is 0.365 e. The standard InChI is InChI=1S/C10H18O2/c1-4-6-10(11)7-5-8(2)9(3)12-10/h4,8-9,11H,1,5-7H2,2-3H3/t8-,9-,10?/m1/s1. The molecule has 1 heterocycles. The SMILES string of the molecule is C=CCC1(O)CC[C@@H](C)[C@@H](C)O1. The van der Waals surface area contributed by atoms with Gasteiger partial charge in [0, 0.05) is 12.8 Å². The van der Waals surface area contributed by atoms with Crippen LogP contribution in [0, 0.1) is 5.92 Å². The van der Waals surface area contributed by atoms with E-state index in [0.717, 1.165) is 12.8 Å². The fourth-order valence-corrected chi connectivity index (χ4v) is 1.58. The summed E-state index contributed by atoms with van der Waals surface area (Å²) < 4.78 is 5.51. The Morgan fingerprint density at radius 2 is 2.33 bits per heavy atom. The van der Waals surface area contributed by atoms with E-state index in [1.54, 1.807) is 6.08 Å². The van der Waals surface area contributed by atoms with Crippen molar-refractivity contribution >= 4 is 0 Å². The molecule has 0 bridgehead atoms. The third-order valence-corrected chi connectivity index (χ3v) is 2.66. The van der Waals surface area contributed by atoms with Crippen LogP contribution in [0.3, 0.4) is 0 Å². The van der Waals surface area contributed by atoms with Crippen molar-refractivity contribution < 1.29 is 9.84 Å². The van der Waals surface area contributed by atoms with E-state index < -0.39 is 5.79 Å². The molecular weight excluding hydrogens is 152 g/mol. The second-order valence-corrected chi connectivity index (χ2v) is 3.78. The van der Waals surface area contributed by atoms with E-state index in [1.165, 1.54) is 0 Å². The van der Waals surface area contributed by atoms with Gasteiger partial charge < -0.3 is 9.84 Å². The fraction of sp³-hybridized carbons (Fsp3) is 0.800. The van der Waals surface area contributed by atoms with Crippen LogP contribution in [0.4, 0.5) is 0 Å². The highest BCUT2D eigenvalue weighted by Crippen LogP contribution is 2.32. The van der Waals surface area contributed by atoms with Gasteiger partial charge >= 0.3 is 0 Å². The third kappa shape index (κ3) is 2.08. The molecule has 1 rings (SSSR count). The van der Waals surface area contributed by atoms with Crippen molar-refractivity contribution in [1.82, 2.24) is 0 Å². The van der Waals surface area contributed by atoms with Gasteiger partial charge in [0.05, 0.1) is 6.10 Å². The second kappa shape index (κ2) is 3.58. The van der Waals surface area contributed by atoms with E-state index >= 15 is 0 Å². The van der Waals surface area contributed by atoms with E-state index in [-0.39, 0.29) is 6.10 Å². The summed E-state index contributed by atoms with van der Waals surface area (Å²) in [6.45, 7) is 7.77. The lowest BCUT2D eigenvalue weighted by Crippen LogP contribution is -2.42. The quantitative estimate of drug-likeness (QED) is 0.643. The first-order chi connectivity index (χ1) is 5.57. The van der Waals surface area contributed by atoms with Crippen molar-refractivity contribution in [2.75, 3.05) is 0 Å². The number of hydrogen-bond acceptors (Lipinski definition) is 2. The molecule has 0 radical (unpaired) electrons. The third-order valence-electron chi connectivity index (χ3n) is 2.66. The van der Waals surface area contributed by atoms with Crippen molar-refractivity contribution in [1.29, 1.82) is 0 Å². The normalized spacial score (nSPS) is 42.6. The minimum atomic E-state index is -0.937. The Kier molecular flexibility index (Phi) is 2.91. The highest BCUT2D eigenvalue weighted by atomic mass is 16.6. The van der Waals surface area contributed by atoms with Crippen molar-refractivity contribution in [3.63, 3.8) is 0 Å². The van der Waals surface area contributed by atoms with Gasteiger partial charge in [0.1, 0.15) is 0 Å². The van der Waals surface area contributed by atoms with Gasteiger partial charge in [0.15, 0.2) is 5.79 Å². The summed E-state index contributed by atoms with van der Waals surface area (Å²) >= 11 is 0. The molecule has 2 heteroatoms. The van der Waals surface area contributed by atoms with Crippen LogP contribution < -0.4 is 0 Å². The van der Waals surface area contributed by atoms with Crippen LogP contribution in [0.1, 0.15) is 33.1 Å². The van der Waals surface area contributed by atoms with Gasteiger partial charge in [0.25, 0.3) is 0 Å². The summed E-state index contributed by atoms with van der Waals surface area (Å²) in [7, 11) is 0. The molecule has 12 heavy (non-hydrogen) atoms. The molecule has 1 saturated heterocycles. The molecular formula is C10H18O2. The Labute approximate surface area is 74.2 Å². The average Bonchev–Trinajstić information content (AvgIpc) is 1.98. The molecule has 70 valence electrons. The molecule has 0 spiro atoms. The maximum Gasteiger partial charge on any atom is 0.169 e. The molecule has 1 unspecified atom stereocenters. The first-order valence-corrected chi connectivity index (χ1v) is 4.58. The van der Waals surface area contributed by atoms with Crippen molar-refractivity contribution in [2.45, 2.75) is 45.0 Å². The monoisotopic (exact) mass is 170 g/mol. The van der Waals surface area contributed by atoms with E-state index in [4.69, 9.17) is 4.74 Å². The topological polar surface area (TPSA) is 29.5 Å². The summed E-state index contributed by atoms with van der Waals surface area (Å²) in [6.07, 6.45) is 4.16. The van der Waals surface area contributed by atoms with Crippen LogP contribution in [-0.2, 0) is 4.74 Å². The zero-order valence-electron chi connectivity index (χ0n) is 7.92. The Balaban J connectivity index is 2.53. The molecule has 1 aliphatic heterocycles. The zero-order chi connectivity index (χ0) is 9.19. The van der Waals surface area contributed by atoms with E-state index in [2.05, 4.69) is 13.5 Å². The van der Waals surface area contributed by atoms with Crippen LogP contribution in [0.15, 0.2) is 12.7 Å². The number of rotatable bonds is 2. The van der Waals surface area contributed by atoms with Gasteiger partial charge in [-0.25, -0.2) is 0 Å². The predicted molar refractivity (Wildman–Crippen MR) is 48.7 cm³/mol. The lowest BCUT2D eigenvalue weighted by atomic mass is 9.91. The number of ether oxygens (including phenoxy) is 1. The molecule has 1 aliphatic rings. The van der Waals surface area contributed by atoms with Gasteiger partial charge in [-0.2, -0.15) is 0 Å². The molecule has 3 atom stereocenters. The van der Waals surface area contributed by atoms with Gasteiger partial charge in [-0.3, -0.25) is 0 Å². The van der Waals surface area contributed by atoms with Crippen molar-refractivity contribution in [2.24, 2.45) is 5.92 Å². The summed E-state index contributed by atoms with van der Waals surface area (Å²) in [5, 5.41) is 9.87. The lowest BCUT2D eigenvalue weighted by Gasteiger charge is -2.38. The van der Waals surface area contributed by atoms with Gasteiger partial charge in [-0.15, -0.1) is 6.58 Å². The molecule has 0 aromatic heterocycles. The average molecular weight is 170 g/mol. The highest BCUT2D eigenvalue weighted by Gasteiger charge is 2.35. The first-order valence-electron chi connectivity index (χ1n) is 4.58. The summed E-state index contributed by atoms with van der Waals surface area (Å²) in [6, 6.07) is 0. The van der Waals surface area contributed by atoms with Crippen LogP contribution in [0.5, 0.6) is 0 Å². The van der Waals surface area contributed by atoms with Crippen LogP contribution in [0.2, 0.25) is 0 Å². The van der Waals surface area contributed by atoms with E-state index in [0.29, 0.717) is 12.3 Å². The maximum atomic E-state index is 9.87. The minimum absolute atomic E-state index is 0.156. The zero-order valence-corrected chi connectivity index (χ0v) is 7.92. The molecule has 0 aromatic carbocycles. The van der Waals surface area contributed by atoms with Crippen molar-refractivity contribution in [3.05, 3.63) is 12.7 Å². The lowest BCUT2D eigenvalue weighted by molar-refractivity contribution is -0.259. The van der Waals surface area contributed by atoms with E-state index in [1.807, 2.05) is 6.92 Å². The Bertz CT molecular complexity index is 167. The van der Waals surface area contributed by atoms with Gasteiger partial charge in [-0.1, -0.05) is 13.0 Å². The van der Waals surface area contributed by atoms with Crippen molar-refractivity contribution in [3.8, 4) is 0 Å². The molecule has 1 N–H and O–H groups in total. The Morgan fingerprint density at radius 1 is 1.67 bits per heavy atom. The van der Waals surface area contributed by atoms with Crippen LogP contribution in [-0.4, -0.2) is 17.0 Å². The van der Waals surface area contributed by atoms with Gasteiger partial charge in [0.2, 0.25) is 0 Å². The summed E-state index contributed by atoms with van der Waals surface area (Å²) in [4.78, 5) is 0. The molecule has 0 aromatic rings. The number of hydrogen-bond donors (Lipinski definition) is 1. The highest BCUT2D eigenvalue weighted by molar-refractivity contribution is 4.84. The fourth-order valence-electron chi connectivity index (χ4n) is 1.58. The summed E-state index contributed by atoms with van der Waals surface area (Å²) in [5.41, 5.74) is 0. The predicted octanol–water partition coefficient (Wildman–Crippen LogP) is 2.09. The molecule has 0 aliphatic carbocycles. The molecule has 0 amide bonds. The Hall–Kier alpha value is -0.340. The molecule has 1 fully saturated rings. The van der Waals surface area contributed by atoms with Gasteiger partial charge in [-0.05, 0) is 19.3 Å². The van der Waals surface area contributed by atoms with Crippen LogP contribution >= 0.6 is 0 Å². The second-order valence-electron chi connectivity index (χ2n) is 3.78. The smallest absolute Gasteiger partial charge is 0.169 e. The molecule has 2 nitrogen and oxygen atoms in total. The maximum absolute atomic E-state index is 9.87. The summed E-state index contributed by atoms with van der Waals surface area (Å²) in [5.74, 6) is -0.386. The number of aliphatic hydroxyl groups is 1. The van der Waals surface area contributed by atoms with E-state index in [9.17, 15) is 5.11 Å². The van der Waals surface area contributed by atoms with Crippen LogP contribution in [0.25, 0.3) is 0 Å². The minimum Gasteiger partial charge on any atom is -0.365 e.